The van der Waals surface area contributed by atoms with E-state index in [1.807, 2.05) is 12.1 Å². The minimum Gasteiger partial charge on any atom is -0.486 e. The zero-order valence-electron chi connectivity index (χ0n) is 9.29. The van der Waals surface area contributed by atoms with Crippen LogP contribution in [0.1, 0.15) is 5.56 Å². The molecule has 0 amide bonds. The van der Waals surface area contributed by atoms with E-state index < -0.39 is 5.82 Å². The van der Waals surface area contributed by atoms with Crippen molar-refractivity contribution in [1.82, 2.24) is 0 Å². The maximum absolute atomic E-state index is 13.5. The van der Waals surface area contributed by atoms with Gasteiger partial charge in [-0.15, -0.1) is 0 Å². The molecule has 0 bridgehead atoms. The van der Waals surface area contributed by atoms with Gasteiger partial charge in [0, 0.05) is 20.2 Å². The fourth-order valence-corrected chi connectivity index (χ4v) is 2.30. The molecule has 2 aromatic carbocycles. The summed E-state index contributed by atoms with van der Waals surface area (Å²) in [6, 6.07) is 10.0. The van der Waals surface area contributed by atoms with Gasteiger partial charge in [-0.3, -0.25) is 0 Å². The molecule has 0 aromatic heterocycles. The Morgan fingerprint density at radius 3 is 2.67 bits per heavy atom. The van der Waals surface area contributed by atoms with Crippen LogP contribution in [0, 0.1) is 5.82 Å². The van der Waals surface area contributed by atoms with Gasteiger partial charge < -0.3 is 10.5 Å². The van der Waals surface area contributed by atoms with E-state index in [2.05, 4.69) is 31.9 Å². The van der Waals surface area contributed by atoms with Crippen LogP contribution in [0.15, 0.2) is 45.3 Å². The summed E-state index contributed by atoms with van der Waals surface area (Å²) in [5.41, 5.74) is 7.25. The highest BCUT2D eigenvalue weighted by molar-refractivity contribution is 9.10. The van der Waals surface area contributed by atoms with Gasteiger partial charge in [0.25, 0.3) is 0 Å². The lowest BCUT2D eigenvalue weighted by atomic mass is 10.2. The fraction of sp³-hybridized carbons (Fsp3) is 0.0769. The first-order valence-corrected chi connectivity index (χ1v) is 6.77. The van der Waals surface area contributed by atoms with Crippen molar-refractivity contribution in [2.45, 2.75) is 6.61 Å². The summed E-state index contributed by atoms with van der Waals surface area (Å²) in [5, 5.41) is 0. The Kier molecular flexibility index (Phi) is 4.24. The molecule has 0 heterocycles. The lowest BCUT2D eigenvalue weighted by Gasteiger charge is -2.11. The number of hydrogen-bond acceptors (Lipinski definition) is 2. The number of benzene rings is 2. The van der Waals surface area contributed by atoms with Crippen LogP contribution in [0.5, 0.6) is 5.75 Å². The topological polar surface area (TPSA) is 35.2 Å². The lowest BCUT2D eigenvalue weighted by Crippen LogP contribution is -2.02. The Morgan fingerprint density at radius 1 is 1.17 bits per heavy atom. The zero-order valence-corrected chi connectivity index (χ0v) is 12.5. The number of hydrogen-bond donors (Lipinski definition) is 1. The van der Waals surface area contributed by atoms with Gasteiger partial charge in [0.2, 0.25) is 0 Å². The molecule has 2 rings (SSSR count). The van der Waals surface area contributed by atoms with Crippen LogP contribution in [0.4, 0.5) is 10.1 Å². The minimum absolute atomic E-state index is 0.194. The van der Waals surface area contributed by atoms with Crippen molar-refractivity contribution >= 4 is 37.5 Å². The summed E-state index contributed by atoms with van der Waals surface area (Å²) >= 11 is 6.66. The molecule has 0 atom stereocenters. The molecule has 2 N–H and O–H groups in total. The molecule has 5 heteroatoms. The van der Waals surface area contributed by atoms with Gasteiger partial charge in [-0.05, 0) is 30.3 Å². The van der Waals surface area contributed by atoms with Crippen molar-refractivity contribution < 1.29 is 9.13 Å². The van der Waals surface area contributed by atoms with E-state index >= 15 is 0 Å². The van der Waals surface area contributed by atoms with Crippen molar-refractivity contribution in [3.8, 4) is 5.75 Å². The number of nitrogen functional groups attached to an aromatic ring is 1. The van der Waals surface area contributed by atoms with E-state index in [0.717, 1.165) is 14.5 Å². The predicted molar refractivity (Wildman–Crippen MR) is 77.0 cm³/mol. The molecular weight excluding hydrogens is 365 g/mol. The van der Waals surface area contributed by atoms with Crippen LogP contribution in [-0.2, 0) is 6.61 Å². The number of halogens is 3. The molecule has 94 valence electrons. The van der Waals surface area contributed by atoms with Crippen LogP contribution in [0.25, 0.3) is 0 Å². The van der Waals surface area contributed by atoms with Gasteiger partial charge in [0.1, 0.15) is 6.61 Å². The van der Waals surface area contributed by atoms with Gasteiger partial charge >= 0.3 is 0 Å². The van der Waals surface area contributed by atoms with Crippen molar-refractivity contribution in [3.05, 3.63) is 56.7 Å². The molecule has 2 nitrogen and oxygen atoms in total. The molecule has 0 fully saturated rings. The molecule has 0 saturated heterocycles. The van der Waals surface area contributed by atoms with E-state index in [0.29, 0.717) is 5.69 Å². The summed E-state index contributed by atoms with van der Waals surface area (Å²) < 4.78 is 20.5. The summed E-state index contributed by atoms with van der Waals surface area (Å²) in [6.45, 7) is 0.209. The Labute approximate surface area is 121 Å². The third-order valence-corrected chi connectivity index (χ3v) is 3.66. The molecule has 0 spiro atoms. The monoisotopic (exact) mass is 373 g/mol. The van der Waals surface area contributed by atoms with Crippen molar-refractivity contribution in [3.63, 3.8) is 0 Å². The van der Waals surface area contributed by atoms with E-state index in [-0.39, 0.29) is 12.4 Å². The smallest absolute Gasteiger partial charge is 0.165 e. The van der Waals surface area contributed by atoms with Gasteiger partial charge in [0.15, 0.2) is 11.6 Å². The minimum atomic E-state index is -0.399. The quantitative estimate of drug-likeness (QED) is 0.802. The molecule has 18 heavy (non-hydrogen) atoms. The molecular formula is C13H10Br2FNO. The normalized spacial score (nSPS) is 10.4. The first-order valence-electron chi connectivity index (χ1n) is 5.18. The molecule has 0 saturated carbocycles. The van der Waals surface area contributed by atoms with Crippen LogP contribution in [0.3, 0.4) is 0 Å². The maximum Gasteiger partial charge on any atom is 0.165 e. The number of ether oxygens (including phenoxy) is 1. The van der Waals surface area contributed by atoms with E-state index in [9.17, 15) is 4.39 Å². The highest BCUT2D eigenvalue weighted by atomic mass is 79.9. The molecule has 0 aliphatic heterocycles. The molecule has 2 aromatic rings. The third-order valence-electron chi connectivity index (χ3n) is 2.42. The molecule has 0 unspecified atom stereocenters. The SMILES string of the molecule is Nc1cccc(Br)c1COc1cc(Br)ccc1F. The largest absolute Gasteiger partial charge is 0.486 e. The second-order valence-corrected chi connectivity index (χ2v) is 5.44. The Balaban J connectivity index is 2.19. The fourth-order valence-electron chi connectivity index (χ4n) is 1.47. The van der Waals surface area contributed by atoms with Crippen LogP contribution in [0.2, 0.25) is 0 Å². The summed E-state index contributed by atoms with van der Waals surface area (Å²) in [4.78, 5) is 0. The van der Waals surface area contributed by atoms with Gasteiger partial charge in [-0.2, -0.15) is 0 Å². The van der Waals surface area contributed by atoms with Crippen molar-refractivity contribution in [2.24, 2.45) is 0 Å². The van der Waals surface area contributed by atoms with Gasteiger partial charge in [-0.25, -0.2) is 4.39 Å². The number of nitrogens with two attached hydrogens (primary N) is 1. The highest BCUT2D eigenvalue weighted by Crippen LogP contribution is 2.27. The predicted octanol–water partition coefficient (Wildman–Crippen LogP) is 4.51. The van der Waals surface area contributed by atoms with Crippen LogP contribution in [-0.4, -0.2) is 0 Å². The number of rotatable bonds is 3. The average Bonchev–Trinajstić information content (AvgIpc) is 2.33. The number of anilines is 1. The van der Waals surface area contributed by atoms with E-state index in [1.54, 1.807) is 18.2 Å². The molecule has 0 aliphatic carbocycles. The van der Waals surface area contributed by atoms with Gasteiger partial charge in [-0.1, -0.05) is 37.9 Å². The Hall–Kier alpha value is -1.07. The van der Waals surface area contributed by atoms with Crippen LogP contribution < -0.4 is 10.5 Å². The first-order chi connectivity index (χ1) is 8.58. The average molecular weight is 375 g/mol. The van der Waals surface area contributed by atoms with E-state index in [1.165, 1.54) is 6.07 Å². The first kappa shape index (κ1) is 13.4. The van der Waals surface area contributed by atoms with Gasteiger partial charge in [0.05, 0.1) is 0 Å². The lowest BCUT2D eigenvalue weighted by molar-refractivity contribution is 0.290. The van der Waals surface area contributed by atoms with E-state index in [4.69, 9.17) is 10.5 Å². The third kappa shape index (κ3) is 3.03. The molecule has 0 radical (unpaired) electrons. The Bertz CT molecular complexity index is 555. The zero-order chi connectivity index (χ0) is 13.1. The second-order valence-electron chi connectivity index (χ2n) is 3.67. The Morgan fingerprint density at radius 2 is 1.94 bits per heavy atom. The molecule has 0 aliphatic rings. The van der Waals surface area contributed by atoms with Crippen molar-refractivity contribution in [1.29, 1.82) is 0 Å². The standard InChI is InChI=1S/C13H10Br2FNO/c14-8-4-5-11(16)13(6-8)18-7-9-10(15)2-1-3-12(9)17/h1-6H,7,17H2. The maximum atomic E-state index is 13.5. The van der Waals surface area contributed by atoms with Crippen LogP contribution >= 0.6 is 31.9 Å². The highest BCUT2D eigenvalue weighted by Gasteiger charge is 2.08. The summed E-state index contributed by atoms with van der Waals surface area (Å²) in [7, 11) is 0. The second kappa shape index (κ2) is 5.71. The summed E-state index contributed by atoms with van der Waals surface area (Å²) in [5.74, 6) is -0.205. The summed E-state index contributed by atoms with van der Waals surface area (Å²) in [6.07, 6.45) is 0. The van der Waals surface area contributed by atoms with Crippen molar-refractivity contribution in [2.75, 3.05) is 5.73 Å².